The number of anilines is 1. The summed E-state index contributed by atoms with van der Waals surface area (Å²) in [6, 6.07) is 25.9. The van der Waals surface area contributed by atoms with Gasteiger partial charge in [-0.05, 0) is 48.2 Å². The summed E-state index contributed by atoms with van der Waals surface area (Å²) in [4.78, 5) is 14.8. The second-order valence-corrected chi connectivity index (χ2v) is 6.38. The molecule has 132 valence electrons. The quantitative estimate of drug-likeness (QED) is 0.690. The third-order valence-electron chi connectivity index (χ3n) is 4.66. The summed E-state index contributed by atoms with van der Waals surface area (Å²) in [7, 11) is 1.67. The lowest BCUT2D eigenvalue weighted by molar-refractivity contribution is 0.247. The lowest BCUT2D eigenvalue weighted by Crippen LogP contribution is -2.41. The van der Waals surface area contributed by atoms with Crippen LogP contribution < -0.4 is 10.2 Å². The van der Waals surface area contributed by atoms with Crippen LogP contribution in [-0.2, 0) is 0 Å². The average Bonchev–Trinajstić information content (AvgIpc) is 2.68. The molecule has 26 heavy (non-hydrogen) atoms. The standard InChI is InChI=1S/C23H24N2O/c1-17-11-10-12-18(2)21(17)22(19-13-6-4-7-14-19)25(23(26)24-3)20-15-8-5-9-16-20/h4-16,22H,1-3H3,(H,24,26). The summed E-state index contributed by atoms with van der Waals surface area (Å²) in [6.07, 6.45) is 0. The molecule has 1 atom stereocenters. The fourth-order valence-corrected chi connectivity index (χ4v) is 3.43. The van der Waals surface area contributed by atoms with E-state index >= 15 is 0 Å². The van der Waals surface area contributed by atoms with Crippen LogP contribution in [0.15, 0.2) is 78.9 Å². The molecule has 0 aliphatic carbocycles. The smallest absolute Gasteiger partial charge is 0.322 e. The van der Waals surface area contributed by atoms with Crippen LogP contribution in [0.4, 0.5) is 10.5 Å². The number of aryl methyl sites for hydroxylation is 2. The first-order chi connectivity index (χ1) is 12.6. The van der Waals surface area contributed by atoms with Crippen molar-refractivity contribution in [1.82, 2.24) is 5.32 Å². The van der Waals surface area contributed by atoms with Crippen molar-refractivity contribution in [3.63, 3.8) is 0 Å². The van der Waals surface area contributed by atoms with Crippen molar-refractivity contribution in [2.45, 2.75) is 19.9 Å². The number of carbonyl (C=O) groups excluding carboxylic acids is 1. The highest BCUT2D eigenvalue weighted by Gasteiger charge is 2.29. The van der Waals surface area contributed by atoms with Crippen LogP contribution in [-0.4, -0.2) is 13.1 Å². The summed E-state index contributed by atoms with van der Waals surface area (Å²) in [5.74, 6) is 0. The van der Waals surface area contributed by atoms with Crippen LogP contribution in [0.5, 0.6) is 0 Å². The molecule has 0 aliphatic rings. The fraction of sp³-hybridized carbons (Fsp3) is 0.174. The fourth-order valence-electron chi connectivity index (χ4n) is 3.43. The Morgan fingerprint density at radius 1 is 0.808 bits per heavy atom. The predicted molar refractivity (Wildman–Crippen MR) is 108 cm³/mol. The molecule has 3 heteroatoms. The van der Waals surface area contributed by atoms with Gasteiger partial charge in [0.15, 0.2) is 0 Å². The Hall–Kier alpha value is -3.07. The van der Waals surface area contributed by atoms with Gasteiger partial charge in [-0.25, -0.2) is 4.79 Å². The zero-order valence-corrected chi connectivity index (χ0v) is 15.4. The molecule has 1 unspecified atom stereocenters. The largest absolute Gasteiger partial charge is 0.341 e. The first kappa shape index (κ1) is 17.7. The van der Waals surface area contributed by atoms with E-state index in [1.807, 2.05) is 53.4 Å². The maximum Gasteiger partial charge on any atom is 0.322 e. The Balaban J connectivity index is 2.26. The van der Waals surface area contributed by atoms with Crippen LogP contribution >= 0.6 is 0 Å². The van der Waals surface area contributed by atoms with E-state index in [0.29, 0.717) is 0 Å². The van der Waals surface area contributed by atoms with Gasteiger partial charge in [0.25, 0.3) is 0 Å². The zero-order chi connectivity index (χ0) is 18.5. The number of nitrogens with zero attached hydrogens (tertiary/aromatic N) is 1. The van der Waals surface area contributed by atoms with Crippen LogP contribution in [0.2, 0.25) is 0 Å². The SMILES string of the molecule is CNC(=O)N(c1ccccc1)C(c1ccccc1)c1c(C)cccc1C. The number of hydrogen-bond acceptors (Lipinski definition) is 1. The number of para-hydroxylation sites is 1. The number of urea groups is 1. The lowest BCUT2D eigenvalue weighted by atomic mass is 9.90. The molecule has 1 N–H and O–H groups in total. The van der Waals surface area contributed by atoms with Crippen molar-refractivity contribution in [2.24, 2.45) is 0 Å². The Kier molecular flexibility index (Phi) is 5.37. The number of benzene rings is 3. The van der Waals surface area contributed by atoms with Gasteiger partial charge in [-0.1, -0.05) is 66.7 Å². The van der Waals surface area contributed by atoms with E-state index in [4.69, 9.17) is 0 Å². The molecule has 0 radical (unpaired) electrons. The molecule has 0 heterocycles. The lowest BCUT2D eigenvalue weighted by Gasteiger charge is -2.34. The van der Waals surface area contributed by atoms with Crippen molar-refractivity contribution in [3.8, 4) is 0 Å². The van der Waals surface area contributed by atoms with Crippen molar-refractivity contribution in [3.05, 3.63) is 101 Å². The van der Waals surface area contributed by atoms with Gasteiger partial charge >= 0.3 is 6.03 Å². The Morgan fingerprint density at radius 3 is 1.88 bits per heavy atom. The molecule has 2 amide bonds. The molecular formula is C23H24N2O. The van der Waals surface area contributed by atoms with Gasteiger partial charge in [-0.3, -0.25) is 4.90 Å². The number of nitrogens with one attached hydrogen (secondary N) is 1. The molecular weight excluding hydrogens is 320 g/mol. The van der Waals surface area contributed by atoms with Crippen molar-refractivity contribution in [2.75, 3.05) is 11.9 Å². The number of hydrogen-bond donors (Lipinski definition) is 1. The Bertz CT molecular complexity index is 855. The minimum absolute atomic E-state index is 0.132. The van der Waals surface area contributed by atoms with Gasteiger partial charge in [0.1, 0.15) is 0 Å². The first-order valence-corrected chi connectivity index (χ1v) is 8.80. The molecule has 3 aromatic carbocycles. The first-order valence-electron chi connectivity index (χ1n) is 8.80. The summed E-state index contributed by atoms with van der Waals surface area (Å²) >= 11 is 0. The summed E-state index contributed by atoms with van der Waals surface area (Å²) in [5, 5.41) is 2.81. The van der Waals surface area contributed by atoms with Gasteiger partial charge in [-0.15, -0.1) is 0 Å². The van der Waals surface area contributed by atoms with E-state index in [2.05, 4.69) is 49.5 Å². The minimum atomic E-state index is -0.209. The normalized spacial score (nSPS) is 11.7. The summed E-state index contributed by atoms with van der Waals surface area (Å²) < 4.78 is 0. The predicted octanol–water partition coefficient (Wildman–Crippen LogP) is 5.24. The number of amides is 2. The molecule has 0 aliphatic heterocycles. The number of rotatable bonds is 4. The molecule has 0 bridgehead atoms. The summed E-state index contributed by atoms with van der Waals surface area (Å²) in [6.45, 7) is 4.20. The monoisotopic (exact) mass is 344 g/mol. The van der Waals surface area contributed by atoms with Crippen LogP contribution in [0.25, 0.3) is 0 Å². The average molecular weight is 344 g/mol. The maximum atomic E-state index is 12.9. The van der Waals surface area contributed by atoms with E-state index in [0.717, 1.165) is 16.8 Å². The van der Waals surface area contributed by atoms with E-state index < -0.39 is 0 Å². The molecule has 3 nitrogen and oxygen atoms in total. The van der Waals surface area contributed by atoms with Gasteiger partial charge < -0.3 is 5.32 Å². The van der Waals surface area contributed by atoms with Crippen molar-refractivity contribution < 1.29 is 4.79 Å². The maximum absolute atomic E-state index is 12.9. The second-order valence-electron chi connectivity index (χ2n) is 6.38. The van der Waals surface area contributed by atoms with E-state index in [1.165, 1.54) is 11.1 Å². The van der Waals surface area contributed by atoms with Gasteiger partial charge in [0.05, 0.1) is 6.04 Å². The Labute approximate surface area is 155 Å². The molecule has 0 aromatic heterocycles. The summed E-state index contributed by atoms with van der Waals surface area (Å²) in [5.41, 5.74) is 5.44. The number of carbonyl (C=O) groups is 1. The molecule has 0 saturated heterocycles. The highest BCUT2D eigenvalue weighted by Crippen LogP contribution is 2.36. The molecule has 0 spiro atoms. The van der Waals surface area contributed by atoms with Crippen molar-refractivity contribution >= 4 is 11.7 Å². The second kappa shape index (κ2) is 7.87. The van der Waals surface area contributed by atoms with Crippen LogP contribution in [0, 0.1) is 13.8 Å². The van der Waals surface area contributed by atoms with E-state index in [9.17, 15) is 4.79 Å². The van der Waals surface area contributed by atoms with Gasteiger partial charge in [0.2, 0.25) is 0 Å². The van der Waals surface area contributed by atoms with Gasteiger partial charge in [0, 0.05) is 12.7 Å². The zero-order valence-electron chi connectivity index (χ0n) is 15.4. The molecule has 3 aromatic rings. The minimum Gasteiger partial charge on any atom is -0.341 e. The Morgan fingerprint density at radius 2 is 1.35 bits per heavy atom. The third-order valence-corrected chi connectivity index (χ3v) is 4.66. The molecule has 0 saturated carbocycles. The van der Waals surface area contributed by atoms with Crippen molar-refractivity contribution in [1.29, 1.82) is 0 Å². The highest BCUT2D eigenvalue weighted by molar-refractivity contribution is 5.93. The highest BCUT2D eigenvalue weighted by atomic mass is 16.2. The third kappa shape index (κ3) is 3.47. The van der Waals surface area contributed by atoms with Crippen LogP contribution in [0.1, 0.15) is 28.3 Å². The molecule has 3 rings (SSSR count). The van der Waals surface area contributed by atoms with Crippen LogP contribution in [0.3, 0.4) is 0 Å². The van der Waals surface area contributed by atoms with E-state index in [1.54, 1.807) is 7.05 Å². The van der Waals surface area contributed by atoms with Gasteiger partial charge in [-0.2, -0.15) is 0 Å². The molecule has 0 fully saturated rings. The topological polar surface area (TPSA) is 32.3 Å². The van der Waals surface area contributed by atoms with E-state index in [-0.39, 0.29) is 12.1 Å².